The molecule has 0 saturated heterocycles. The van der Waals surface area contributed by atoms with Crippen molar-refractivity contribution in [2.75, 3.05) is 4.90 Å². The summed E-state index contributed by atoms with van der Waals surface area (Å²) >= 11 is 0. The highest BCUT2D eigenvalue weighted by Crippen LogP contribution is 2.23. The summed E-state index contributed by atoms with van der Waals surface area (Å²) in [5.74, 6) is 0. The monoisotopic (exact) mass is 206 g/mol. The molecule has 0 amide bonds. The molecule has 15 heavy (non-hydrogen) atoms. The maximum absolute atomic E-state index is 10.3. The molecule has 0 aromatic heterocycles. The highest BCUT2D eigenvalue weighted by atomic mass is 16.3. The summed E-state index contributed by atoms with van der Waals surface area (Å²) in [5.41, 5.74) is 1.61. The van der Waals surface area contributed by atoms with Crippen molar-refractivity contribution < 1.29 is 0 Å². The molecule has 0 aliphatic heterocycles. The summed E-state index contributed by atoms with van der Waals surface area (Å²) in [7, 11) is 0. The number of nitroso groups, excluding NO2 is 1. The molecular weight excluding hydrogens is 188 g/mol. The van der Waals surface area contributed by atoms with Gasteiger partial charge >= 0.3 is 0 Å². The van der Waals surface area contributed by atoms with Crippen molar-refractivity contribution >= 4 is 11.4 Å². The Balaban J connectivity index is 2.96. The Morgan fingerprint density at radius 2 is 1.47 bits per heavy atom. The van der Waals surface area contributed by atoms with Gasteiger partial charge in [0.25, 0.3) is 0 Å². The van der Waals surface area contributed by atoms with Gasteiger partial charge in [0.1, 0.15) is 5.69 Å². The third-order valence-electron chi connectivity index (χ3n) is 2.37. The van der Waals surface area contributed by atoms with E-state index in [-0.39, 0.29) is 0 Å². The van der Waals surface area contributed by atoms with E-state index in [1.54, 1.807) is 12.1 Å². The summed E-state index contributed by atoms with van der Waals surface area (Å²) in [6.45, 7) is 8.63. The van der Waals surface area contributed by atoms with E-state index in [0.29, 0.717) is 17.8 Å². The molecule has 1 rings (SSSR count). The molecule has 0 heterocycles. The maximum Gasteiger partial charge on any atom is 0.108 e. The van der Waals surface area contributed by atoms with Crippen LogP contribution in [0.5, 0.6) is 0 Å². The van der Waals surface area contributed by atoms with Crippen molar-refractivity contribution in [1.29, 1.82) is 0 Å². The normalized spacial score (nSPS) is 10.8. The highest BCUT2D eigenvalue weighted by Gasteiger charge is 2.13. The highest BCUT2D eigenvalue weighted by molar-refractivity contribution is 5.53. The largest absolute Gasteiger partial charge is 0.367 e. The molecule has 0 aliphatic rings. The molecule has 3 nitrogen and oxygen atoms in total. The van der Waals surface area contributed by atoms with E-state index < -0.39 is 0 Å². The molecule has 1 aromatic rings. The van der Waals surface area contributed by atoms with Crippen LogP contribution in [0.4, 0.5) is 11.4 Å². The van der Waals surface area contributed by atoms with Crippen molar-refractivity contribution in [3.8, 4) is 0 Å². The van der Waals surface area contributed by atoms with Gasteiger partial charge in [-0.2, -0.15) is 0 Å². The number of anilines is 1. The van der Waals surface area contributed by atoms with E-state index in [0.717, 1.165) is 5.69 Å². The summed E-state index contributed by atoms with van der Waals surface area (Å²) in [5, 5.41) is 2.89. The maximum atomic E-state index is 10.3. The van der Waals surface area contributed by atoms with Crippen molar-refractivity contribution in [3.05, 3.63) is 29.2 Å². The quantitative estimate of drug-likeness (QED) is 0.703. The molecular formula is C12H18N2O. The first-order chi connectivity index (χ1) is 7.06. The van der Waals surface area contributed by atoms with Crippen LogP contribution in [0.3, 0.4) is 0 Å². The predicted octanol–water partition coefficient (Wildman–Crippen LogP) is 3.71. The molecule has 0 unspecified atom stereocenters. The SMILES string of the molecule is CC(C)N(c1ccc(N=O)cc1)C(C)C. The van der Waals surface area contributed by atoms with E-state index in [9.17, 15) is 4.91 Å². The standard InChI is InChI=1S/C12H18N2O/c1-9(2)14(10(3)4)12-7-5-11(13-15)6-8-12/h5-10H,1-4H3. The summed E-state index contributed by atoms with van der Waals surface area (Å²) in [6, 6.07) is 8.27. The van der Waals surface area contributed by atoms with Crippen molar-refractivity contribution in [2.24, 2.45) is 5.18 Å². The minimum Gasteiger partial charge on any atom is -0.367 e. The first-order valence-electron chi connectivity index (χ1n) is 5.28. The molecule has 3 heteroatoms. The first-order valence-corrected chi connectivity index (χ1v) is 5.28. The lowest BCUT2D eigenvalue weighted by atomic mass is 10.2. The summed E-state index contributed by atoms with van der Waals surface area (Å²) in [6.07, 6.45) is 0. The second-order valence-corrected chi connectivity index (χ2v) is 4.20. The van der Waals surface area contributed by atoms with Crippen LogP contribution in [0.1, 0.15) is 27.7 Å². The number of rotatable bonds is 4. The summed E-state index contributed by atoms with van der Waals surface area (Å²) in [4.78, 5) is 12.6. The van der Waals surface area contributed by atoms with Crippen LogP contribution < -0.4 is 4.90 Å². The summed E-state index contributed by atoms with van der Waals surface area (Å²) < 4.78 is 0. The third kappa shape index (κ3) is 2.78. The molecule has 0 radical (unpaired) electrons. The zero-order valence-corrected chi connectivity index (χ0v) is 9.77. The van der Waals surface area contributed by atoms with Crippen LogP contribution in [0.25, 0.3) is 0 Å². The van der Waals surface area contributed by atoms with Crippen molar-refractivity contribution in [1.82, 2.24) is 0 Å². The van der Waals surface area contributed by atoms with Gasteiger partial charge in [0.05, 0.1) is 0 Å². The van der Waals surface area contributed by atoms with E-state index in [1.807, 2.05) is 12.1 Å². The second kappa shape index (κ2) is 4.91. The number of benzene rings is 1. The average Bonchev–Trinajstić information content (AvgIpc) is 2.18. The van der Waals surface area contributed by atoms with Crippen molar-refractivity contribution in [3.63, 3.8) is 0 Å². The number of hydrogen-bond acceptors (Lipinski definition) is 3. The van der Waals surface area contributed by atoms with E-state index in [2.05, 4.69) is 37.8 Å². The predicted molar refractivity (Wildman–Crippen MR) is 64.6 cm³/mol. The Morgan fingerprint density at radius 3 is 1.80 bits per heavy atom. The van der Waals surface area contributed by atoms with Gasteiger partial charge in [-0.05, 0) is 57.1 Å². The zero-order chi connectivity index (χ0) is 11.4. The Kier molecular flexibility index (Phi) is 3.83. The van der Waals surface area contributed by atoms with Crippen molar-refractivity contribution in [2.45, 2.75) is 39.8 Å². The minimum atomic E-state index is 0.444. The molecule has 0 bridgehead atoms. The van der Waals surface area contributed by atoms with Gasteiger partial charge in [-0.15, -0.1) is 4.91 Å². The van der Waals surface area contributed by atoms with E-state index >= 15 is 0 Å². The van der Waals surface area contributed by atoms with E-state index in [4.69, 9.17) is 0 Å². The van der Waals surface area contributed by atoms with Crippen LogP contribution in [-0.4, -0.2) is 12.1 Å². The van der Waals surface area contributed by atoms with Gasteiger partial charge in [0.15, 0.2) is 0 Å². The lowest BCUT2D eigenvalue weighted by Gasteiger charge is -2.33. The van der Waals surface area contributed by atoms with Crippen LogP contribution in [0.15, 0.2) is 29.4 Å². The molecule has 0 N–H and O–H groups in total. The van der Waals surface area contributed by atoms with Gasteiger partial charge in [-0.1, -0.05) is 0 Å². The van der Waals surface area contributed by atoms with E-state index in [1.165, 1.54) is 0 Å². The molecule has 82 valence electrons. The molecule has 1 aromatic carbocycles. The Morgan fingerprint density at radius 1 is 1.00 bits per heavy atom. The Bertz CT molecular complexity index is 309. The minimum absolute atomic E-state index is 0.444. The smallest absolute Gasteiger partial charge is 0.108 e. The number of nitrogens with zero attached hydrogens (tertiary/aromatic N) is 2. The molecule has 0 fully saturated rings. The first kappa shape index (κ1) is 11.7. The Labute approximate surface area is 91.1 Å². The van der Waals surface area contributed by atoms with Gasteiger partial charge in [0, 0.05) is 17.8 Å². The van der Waals surface area contributed by atoms with Crippen LogP contribution in [0.2, 0.25) is 0 Å². The van der Waals surface area contributed by atoms with Crippen LogP contribution in [0, 0.1) is 4.91 Å². The fraction of sp³-hybridized carbons (Fsp3) is 0.500. The molecule has 0 spiro atoms. The number of hydrogen-bond donors (Lipinski definition) is 0. The fourth-order valence-electron chi connectivity index (χ4n) is 1.88. The zero-order valence-electron chi connectivity index (χ0n) is 9.77. The Hall–Kier alpha value is -1.38. The van der Waals surface area contributed by atoms with Gasteiger partial charge in [-0.25, -0.2) is 0 Å². The molecule has 0 atom stereocenters. The van der Waals surface area contributed by atoms with Crippen LogP contribution in [-0.2, 0) is 0 Å². The average molecular weight is 206 g/mol. The molecule has 0 aliphatic carbocycles. The van der Waals surface area contributed by atoms with Gasteiger partial charge in [-0.3, -0.25) is 0 Å². The second-order valence-electron chi connectivity index (χ2n) is 4.20. The molecule has 0 saturated carbocycles. The van der Waals surface area contributed by atoms with Gasteiger partial charge in [0.2, 0.25) is 0 Å². The lowest BCUT2D eigenvalue weighted by Crippen LogP contribution is -2.36. The third-order valence-corrected chi connectivity index (χ3v) is 2.37. The van der Waals surface area contributed by atoms with Crippen LogP contribution >= 0.6 is 0 Å². The van der Waals surface area contributed by atoms with Gasteiger partial charge < -0.3 is 4.90 Å². The fourth-order valence-corrected chi connectivity index (χ4v) is 1.88. The lowest BCUT2D eigenvalue weighted by molar-refractivity contribution is 0.608. The topological polar surface area (TPSA) is 32.7 Å².